The third-order valence-corrected chi connectivity index (χ3v) is 2.23. The quantitative estimate of drug-likeness (QED) is 0.637. The highest BCUT2D eigenvalue weighted by Gasteiger charge is 2.14. The number of nitrogens with zero attached hydrogens (tertiary/aromatic N) is 2. The Bertz CT molecular complexity index is 204. The van der Waals surface area contributed by atoms with E-state index >= 15 is 0 Å². The Morgan fingerprint density at radius 2 is 1.62 bits per heavy atom. The van der Waals surface area contributed by atoms with Crippen molar-refractivity contribution in [2.24, 2.45) is 0 Å². The predicted molar refractivity (Wildman–Crippen MR) is 51.2 cm³/mol. The summed E-state index contributed by atoms with van der Waals surface area (Å²) in [6.45, 7) is 5.52. The minimum atomic E-state index is 0.0174. The van der Waals surface area contributed by atoms with Gasteiger partial charge in [0, 0.05) is 40.5 Å². The van der Waals surface area contributed by atoms with Gasteiger partial charge in [-0.25, -0.2) is 0 Å². The van der Waals surface area contributed by atoms with Crippen LogP contribution in [-0.4, -0.2) is 48.3 Å². The number of carbonyl (C=O) groups is 2. The molecule has 4 nitrogen and oxygen atoms in total. The highest BCUT2D eigenvalue weighted by Crippen LogP contribution is 1.98. The van der Waals surface area contributed by atoms with E-state index in [1.165, 1.54) is 13.8 Å². The molecule has 4 heteroatoms. The van der Waals surface area contributed by atoms with E-state index < -0.39 is 0 Å². The van der Waals surface area contributed by atoms with Crippen molar-refractivity contribution >= 4 is 11.8 Å². The van der Waals surface area contributed by atoms with Crippen LogP contribution in [-0.2, 0) is 9.59 Å². The largest absolute Gasteiger partial charge is 0.344 e. The molecule has 13 heavy (non-hydrogen) atoms. The minimum Gasteiger partial charge on any atom is -0.344 e. The zero-order valence-corrected chi connectivity index (χ0v) is 9.00. The Labute approximate surface area is 79.5 Å². The lowest BCUT2D eigenvalue weighted by molar-refractivity contribution is -0.133. The van der Waals surface area contributed by atoms with Gasteiger partial charge >= 0.3 is 0 Å². The highest BCUT2D eigenvalue weighted by atomic mass is 16.2. The van der Waals surface area contributed by atoms with Crippen LogP contribution in [0.2, 0.25) is 0 Å². The van der Waals surface area contributed by atoms with Crippen LogP contribution in [0.15, 0.2) is 0 Å². The molecule has 0 aliphatic heterocycles. The molecule has 0 saturated carbocycles. The molecule has 76 valence electrons. The van der Waals surface area contributed by atoms with E-state index in [1.807, 2.05) is 6.92 Å². The second kappa shape index (κ2) is 4.84. The van der Waals surface area contributed by atoms with Crippen molar-refractivity contribution in [3.8, 4) is 0 Å². The Hall–Kier alpha value is -1.06. The van der Waals surface area contributed by atoms with Crippen LogP contribution < -0.4 is 0 Å². The Morgan fingerprint density at radius 1 is 1.15 bits per heavy atom. The van der Waals surface area contributed by atoms with E-state index in [0.717, 1.165) is 0 Å². The topological polar surface area (TPSA) is 40.6 Å². The maximum absolute atomic E-state index is 11.0. The summed E-state index contributed by atoms with van der Waals surface area (Å²) < 4.78 is 0. The summed E-state index contributed by atoms with van der Waals surface area (Å²) in [5.41, 5.74) is 0. The molecule has 0 bridgehead atoms. The molecule has 0 heterocycles. The molecule has 0 N–H and O–H groups in total. The molecule has 1 atom stereocenters. The average Bonchev–Trinajstić information content (AvgIpc) is 2.02. The van der Waals surface area contributed by atoms with Crippen LogP contribution in [0.25, 0.3) is 0 Å². The first-order chi connectivity index (χ1) is 5.86. The van der Waals surface area contributed by atoms with E-state index in [2.05, 4.69) is 0 Å². The van der Waals surface area contributed by atoms with Crippen LogP contribution >= 0.6 is 0 Å². The monoisotopic (exact) mass is 186 g/mol. The van der Waals surface area contributed by atoms with Gasteiger partial charge in [0.25, 0.3) is 0 Å². The van der Waals surface area contributed by atoms with Crippen molar-refractivity contribution in [3.05, 3.63) is 0 Å². The SMILES string of the molecule is CC(=O)N(C)CC(C)N(C)C(C)=O. The van der Waals surface area contributed by atoms with Gasteiger partial charge in [-0.1, -0.05) is 0 Å². The summed E-state index contributed by atoms with van der Waals surface area (Å²) in [5.74, 6) is 0.0354. The first kappa shape index (κ1) is 11.9. The molecule has 0 aromatic rings. The molecule has 0 fully saturated rings. The van der Waals surface area contributed by atoms with Crippen LogP contribution in [0.5, 0.6) is 0 Å². The second-order valence-corrected chi connectivity index (χ2v) is 3.38. The fourth-order valence-corrected chi connectivity index (χ4v) is 0.958. The fraction of sp³-hybridized carbons (Fsp3) is 0.778. The molecular formula is C9H18N2O2. The van der Waals surface area contributed by atoms with Gasteiger partial charge in [0.05, 0.1) is 0 Å². The Morgan fingerprint density at radius 3 is 1.92 bits per heavy atom. The van der Waals surface area contributed by atoms with Crippen molar-refractivity contribution in [1.82, 2.24) is 9.80 Å². The summed E-state index contributed by atoms with van der Waals surface area (Å²) in [5, 5.41) is 0. The number of carbonyl (C=O) groups excluding carboxylic acids is 2. The number of hydrogen-bond acceptors (Lipinski definition) is 2. The summed E-state index contributed by atoms with van der Waals surface area (Å²) in [6, 6.07) is 0.0615. The summed E-state index contributed by atoms with van der Waals surface area (Å²) in [7, 11) is 3.47. The number of likely N-dealkylation sites (N-methyl/N-ethyl adjacent to an activating group) is 2. The van der Waals surface area contributed by atoms with Crippen molar-refractivity contribution < 1.29 is 9.59 Å². The molecule has 0 aliphatic rings. The lowest BCUT2D eigenvalue weighted by Crippen LogP contribution is -2.42. The van der Waals surface area contributed by atoms with Gasteiger partial charge in [-0.05, 0) is 6.92 Å². The third kappa shape index (κ3) is 3.92. The number of hydrogen-bond donors (Lipinski definition) is 0. The fourth-order valence-electron chi connectivity index (χ4n) is 0.958. The van der Waals surface area contributed by atoms with Gasteiger partial charge in [0.15, 0.2) is 0 Å². The summed E-state index contributed by atoms with van der Waals surface area (Å²) in [4.78, 5) is 25.1. The zero-order chi connectivity index (χ0) is 10.6. The van der Waals surface area contributed by atoms with Gasteiger partial charge in [-0.3, -0.25) is 9.59 Å². The smallest absolute Gasteiger partial charge is 0.219 e. The maximum atomic E-state index is 11.0. The van der Waals surface area contributed by atoms with Crippen LogP contribution in [0.3, 0.4) is 0 Å². The van der Waals surface area contributed by atoms with Crippen molar-refractivity contribution in [3.63, 3.8) is 0 Å². The normalized spacial score (nSPS) is 12.1. The Kier molecular flexibility index (Phi) is 4.45. The number of rotatable bonds is 3. The first-order valence-corrected chi connectivity index (χ1v) is 4.31. The molecule has 0 radical (unpaired) electrons. The molecule has 1 unspecified atom stereocenters. The van der Waals surface area contributed by atoms with Crippen molar-refractivity contribution in [2.45, 2.75) is 26.8 Å². The molecular weight excluding hydrogens is 168 g/mol. The van der Waals surface area contributed by atoms with Crippen LogP contribution in [0.4, 0.5) is 0 Å². The Balaban J connectivity index is 4.06. The van der Waals surface area contributed by atoms with E-state index in [1.54, 1.807) is 23.9 Å². The van der Waals surface area contributed by atoms with Gasteiger partial charge in [-0.2, -0.15) is 0 Å². The molecule has 0 rings (SSSR count). The third-order valence-electron chi connectivity index (χ3n) is 2.23. The van der Waals surface area contributed by atoms with Crippen molar-refractivity contribution in [1.29, 1.82) is 0 Å². The van der Waals surface area contributed by atoms with E-state index in [4.69, 9.17) is 0 Å². The molecule has 0 aromatic carbocycles. The maximum Gasteiger partial charge on any atom is 0.219 e. The van der Waals surface area contributed by atoms with Gasteiger partial charge in [-0.15, -0.1) is 0 Å². The lowest BCUT2D eigenvalue weighted by atomic mass is 10.3. The minimum absolute atomic E-state index is 0.0174. The average molecular weight is 186 g/mol. The molecule has 0 aliphatic carbocycles. The van der Waals surface area contributed by atoms with Crippen LogP contribution in [0, 0.1) is 0 Å². The molecule has 0 aromatic heterocycles. The van der Waals surface area contributed by atoms with E-state index in [-0.39, 0.29) is 17.9 Å². The summed E-state index contributed by atoms with van der Waals surface area (Å²) >= 11 is 0. The zero-order valence-electron chi connectivity index (χ0n) is 9.00. The summed E-state index contributed by atoms with van der Waals surface area (Å²) in [6.07, 6.45) is 0. The van der Waals surface area contributed by atoms with E-state index in [0.29, 0.717) is 6.54 Å². The predicted octanol–water partition coefficient (Wildman–Crippen LogP) is 0.331. The second-order valence-electron chi connectivity index (χ2n) is 3.38. The standard InChI is InChI=1S/C9H18N2O2/c1-7(11(5)9(3)13)6-10(4)8(2)12/h7H,6H2,1-5H3. The van der Waals surface area contributed by atoms with E-state index in [9.17, 15) is 9.59 Å². The molecule has 0 saturated heterocycles. The number of amides is 2. The van der Waals surface area contributed by atoms with Gasteiger partial charge in [0.1, 0.15) is 0 Å². The molecule has 0 spiro atoms. The first-order valence-electron chi connectivity index (χ1n) is 4.31. The lowest BCUT2D eigenvalue weighted by Gasteiger charge is -2.27. The van der Waals surface area contributed by atoms with Crippen LogP contribution in [0.1, 0.15) is 20.8 Å². The van der Waals surface area contributed by atoms with Gasteiger partial charge in [0.2, 0.25) is 11.8 Å². The highest BCUT2D eigenvalue weighted by molar-refractivity contribution is 5.74. The van der Waals surface area contributed by atoms with Gasteiger partial charge < -0.3 is 9.80 Å². The van der Waals surface area contributed by atoms with Crippen molar-refractivity contribution in [2.75, 3.05) is 20.6 Å². The molecule has 2 amide bonds.